The van der Waals surface area contributed by atoms with Crippen molar-refractivity contribution in [3.05, 3.63) is 0 Å². The summed E-state index contributed by atoms with van der Waals surface area (Å²) in [7, 11) is 2.03. The first kappa shape index (κ1) is 12.9. The van der Waals surface area contributed by atoms with Crippen LogP contribution >= 0.6 is 0 Å². The fourth-order valence-electron chi connectivity index (χ4n) is 2.44. The van der Waals surface area contributed by atoms with Gasteiger partial charge in [0.15, 0.2) is 0 Å². The second-order valence-electron chi connectivity index (χ2n) is 5.33. The Morgan fingerprint density at radius 1 is 1.40 bits per heavy atom. The number of nitrogens with one attached hydrogen (secondary N) is 1. The maximum absolute atomic E-state index is 5.54. The molecular weight excluding hydrogens is 188 g/mol. The lowest BCUT2D eigenvalue weighted by Gasteiger charge is -2.46. The van der Waals surface area contributed by atoms with Crippen LogP contribution in [0.3, 0.4) is 0 Å². The van der Waals surface area contributed by atoms with E-state index < -0.39 is 0 Å². The van der Waals surface area contributed by atoms with Crippen molar-refractivity contribution in [3.8, 4) is 0 Å². The van der Waals surface area contributed by atoms with Gasteiger partial charge < -0.3 is 10.1 Å². The minimum atomic E-state index is 0.186. The molecule has 1 rings (SSSR count). The molecule has 1 aliphatic rings. The molecule has 2 unspecified atom stereocenters. The molecule has 2 atom stereocenters. The van der Waals surface area contributed by atoms with Gasteiger partial charge in [-0.05, 0) is 41.2 Å². The summed E-state index contributed by atoms with van der Waals surface area (Å²) in [6.45, 7) is 11.9. The summed E-state index contributed by atoms with van der Waals surface area (Å²) >= 11 is 0. The molecule has 0 aromatic carbocycles. The van der Waals surface area contributed by atoms with Gasteiger partial charge in [0.1, 0.15) is 0 Å². The second-order valence-corrected chi connectivity index (χ2v) is 5.33. The normalized spacial score (nSPS) is 26.2. The zero-order chi connectivity index (χ0) is 11.5. The average molecular weight is 214 g/mol. The largest absolute Gasteiger partial charge is 0.378 e. The fraction of sp³-hybridized carbons (Fsp3) is 1.00. The number of hydrogen-bond donors (Lipinski definition) is 1. The molecule has 0 aromatic rings. The van der Waals surface area contributed by atoms with Crippen molar-refractivity contribution in [1.82, 2.24) is 10.2 Å². The highest BCUT2D eigenvalue weighted by Crippen LogP contribution is 2.23. The number of hydrogen-bond acceptors (Lipinski definition) is 3. The zero-order valence-electron chi connectivity index (χ0n) is 10.8. The number of ether oxygens (including phenoxy) is 1. The van der Waals surface area contributed by atoms with E-state index in [1.165, 1.54) is 6.42 Å². The Bertz CT molecular complexity index is 194. The maximum Gasteiger partial charge on any atom is 0.0645 e. The van der Waals surface area contributed by atoms with Crippen molar-refractivity contribution in [1.29, 1.82) is 0 Å². The summed E-state index contributed by atoms with van der Waals surface area (Å²) in [5.41, 5.74) is 0.186. The van der Waals surface area contributed by atoms with E-state index in [0.29, 0.717) is 12.1 Å². The third kappa shape index (κ3) is 3.44. The fourth-order valence-corrected chi connectivity index (χ4v) is 2.44. The molecule has 1 fully saturated rings. The molecule has 3 nitrogen and oxygen atoms in total. The number of morpholine rings is 1. The van der Waals surface area contributed by atoms with Crippen LogP contribution in [0.25, 0.3) is 0 Å². The van der Waals surface area contributed by atoms with Crippen molar-refractivity contribution < 1.29 is 4.74 Å². The quantitative estimate of drug-likeness (QED) is 0.767. The highest BCUT2D eigenvalue weighted by Gasteiger charge is 2.33. The van der Waals surface area contributed by atoms with Gasteiger partial charge in [0.2, 0.25) is 0 Å². The molecule has 15 heavy (non-hydrogen) atoms. The lowest BCUT2D eigenvalue weighted by atomic mass is 9.97. The number of nitrogens with zero attached hydrogens (tertiary/aromatic N) is 1. The third-order valence-corrected chi connectivity index (χ3v) is 3.43. The topological polar surface area (TPSA) is 24.5 Å². The molecule has 0 aromatic heterocycles. The van der Waals surface area contributed by atoms with E-state index in [-0.39, 0.29) is 5.54 Å². The van der Waals surface area contributed by atoms with Crippen molar-refractivity contribution in [3.63, 3.8) is 0 Å². The highest BCUT2D eigenvalue weighted by atomic mass is 16.5. The van der Waals surface area contributed by atoms with Crippen molar-refractivity contribution >= 4 is 0 Å². The molecule has 90 valence electrons. The van der Waals surface area contributed by atoms with Crippen LogP contribution in [-0.4, -0.2) is 49.3 Å². The van der Waals surface area contributed by atoms with E-state index in [1.54, 1.807) is 0 Å². The predicted octanol–water partition coefficient (Wildman–Crippen LogP) is 1.48. The summed E-state index contributed by atoms with van der Waals surface area (Å²) < 4.78 is 5.54. The third-order valence-electron chi connectivity index (χ3n) is 3.43. The first-order valence-corrected chi connectivity index (χ1v) is 5.99. The van der Waals surface area contributed by atoms with Gasteiger partial charge in [-0.1, -0.05) is 0 Å². The van der Waals surface area contributed by atoms with E-state index in [1.807, 2.05) is 7.05 Å². The highest BCUT2D eigenvalue weighted by molar-refractivity contribution is 4.88. The van der Waals surface area contributed by atoms with Crippen molar-refractivity contribution in [2.24, 2.45) is 0 Å². The van der Waals surface area contributed by atoms with E-state index in [4.69, 9.17) is 4.74 Å². The minimum Gasteiger partial charge on any atom is -0.378 e. The molecule has 1 aliphatic heterocycles. The van der Waals surface area contributed by atoms with Gasteiger partial charge in [-0.25, -0.2) is 0 Å². The van der Waals surface area contributed by atoms with Crippen LogP contribution in [-0.2, 0) is 4.74 Å². The van der Waals surface area contributed by atoms with Gasteiger partial charge in [-0.15, -0.1) is 0 Å². The maximum atomic E-state index is 5.54. The van der Waals surface area contributed by atoms with Crippen LogP contribution in [0.1, 0.15) is 34.1 Å². The van der Waals surface area contributed by atoms with Crippen LogP contribution < -0.4 is 5.32 Å². The standard InChI is InChI=1S/C12H26N2O/c1-10(13-5)8-11(2)14-6-7-15-9-12(14,3)4/h10-11,13H,6-9H2,1-5H3. The van der Waals surface area contributed by atoms with Crippen LogP contribution in [0.2, 0.25) is 0 Å². The SMILES string of the molecule is CNC(C)CC(C)N1CCOCC1(C)C. The van der Waals surface area contributed by atoms with Gasteiger partial charge in [0.25, 0.3) is 0 Å². The Balaban J connectivity index is 2.52. The van der Waals surface area contributed by atoms with E-state index in [2.05, 4.69) is 37.9 Å². The van der Waals surface area contributed by atoms with Gasteiger partial charge >= 0.3 is 0 Å². The first-order chi connectivity index (χ1) is 6.97. The lowest BCUT2D eigenvalue weighted by Crippen LogP contribution is -2.57. The zero-order valence-corrected chi connectivity index (χ0v) is 10.8. The van der Waals surface area contributed by atoms with Crippen LogP contribution in [0.4, 0.5) is 0 Å². The molecule has 0 radical (unpaired) electrons. The summed E-state index contributed by atoms with van der Waals surface area (Å²) in [6.07, 6.45) is 1.19. The van der Waals surface area contributed by atoms with Gasteiger partial charge in [0.05, 0.1) is 13.2 Å². The van der Waals surface area contributed by atoms with E-state index in [0.717, 1.165) is 19.8 Å². The Morgan fingerprint density at radius 3 is 2.60 bits per heavy atom. The summed E-state index contributed by atoms with van der Waals surface area (Å²) in [5.74, 6) is 0. The summed E-state index contributed by atoms with van der Waals surface area (Å²) in [5, 5.41) is 3.30. The average Bonchev–Trinajstić information content (AvgIpc) is 2.16. The van der Waals surface area contributed by atoms with Gasteiger partial charge in [-0.3, -0.25) is 4.90 Å². The Hall–Kier alpha value is -0.120. The summed E-state index contributed by atoms with van der Waals surface area (Å²) in [6, 6.07) is 1.20. The van der Waals surface area contributed by atoms with E-state index in [9.17, 15) is 0 Å². The second kappa shape index (κ2) is 5.28. The van der Waals surface area contributed by atoms with Crippen LogP contribution in [0.15, 0.2) is 0 Å². The monoisotopic (exact) mass is 214 g/mol. The molecule has 0 saturated carbocycles. The molecule has 1 saturated heterocycles. The molecule has 0 bridgehead atoms. The van der Waals surface area contributed by atoms with Crippen molar-refractivity contribution in [2.45, 2.75) is 51.7 Å². The predicted molar refractivity (Wildman–Crippen MR) is 64.2 cm³/mol. The van der Waals surface area contributed by atoms with Crippen molar-refractivity contribution in [2.75, 3.05) is 26.8 Å². The molecular formula is C12H26N2O. The molecule has 0 spiro atoms. The van der Waals surface area contributed by atoms with Gasteiger partial charge in [-0.2, -0.15) is 0 Å². The smallest absolute Gasteiger partial charge is 0.0645 e. The molecule has 1 N–H and O–H groups in total. The van der Waals surface area contributed by atoms with E-state index >= 15 is 0 Å². The Morgan fingerprint density at radius 2 is 2.07 bits per heavy atom. The molecule has 1 heterocycles. The molecule has 3 heteroatoms. The van der Waals surface area contributed by atoms with Gasteiger partial charge in [0, 0.05) is 24.2 Å². The summed E-state index contributed by atoms with van der Waals surface area (Å²) in [4.78, 5) is 2.57. The minimum absolute atomic E-state index is 0.186. The molecule has 0 aliphatic carbocycles. The first-order valence-electron chi connectivity index (χ1n) is 5.99. The Kier molecular flexibility index (Phi) is 4.56. The molecule has 0 amide bonds. The Labute approximate surface area is 94.2 Å². The lowest BCUT2D eigenvalue weighted by molar-refractivity contribution is -0.0709. The van der Waals surface area contributed by atoms with Crippen LogP contribution in [0.5, 0.6) is 0 Å². The number of rotatable bonds is 4. The van der Waals surface area contributed by atoms with Crippen LogP contribution in [0, 0.1) is 0 Å².